The van der Waals surface area contributed by atoms with Gasteiger partial charge in [-0.2, -0.15) is 0 Å². The smallest absolute Gasteiger partial charge is 0.227 e. The van der Waals surface area contributed by atoms with E-state index < -0.39 is 0 Å². The Morgan fingerprint density at radius 2 is 2.13 bits per heavy atom. The molecule has 0 aromatic carbocycles. The molecule has 4 heteroatoms. The largest absolute Gasteiger partial charge is 0.353 e. The maximum Gasteiger partial charge on any atom is 0.227 e. The van der Waals surface area contributed by atoms with E-state index in [0.717, 1.165) is 19.5 Å². The van der Waals surface area contributed by atoms with Gasteiger partial charge in [0.2, 0.25) is 5.91 Å². The predicted molar refractivity (Wildman–Crippen MR) is 58.5 cm³/mol. The number of rotatable bonds is 3. The second kappa shape index (κ2) is 5.26. The van der Waals surface area contributed by atoms with Gasteiger partial charge in [0, 0.05) is 12.6 Å². The fourth-order valence-corrected chi connectivity index (χ4v) is 2.05. The number of piperidine rings is 1. The lowest BCUT2D eigenvalue weighted by Gasteiger charge is -2.35. The topological polar surface area (TPSA) is 49.4 Å². The maximum atomic E-state index is 11.4. The molecule has 1 fully saturated rings. The van der Waals surface area contributed by atoms with E-state index in [9.17, 15) is 9.59 Å². The summed E-state index contributed by atoms with van der Waals surface area (Å²) in [5, 5.41) is 2.93. The molecule has 86 valence electrons. The molecule has 4 nitrogen and oxygen atoms in total. The van der Waals surface area contributed by atoms with Gasteiger partial charge in [-0.1, -0.05) is 6.92 Å². The molecule has 0 spiro atoms. The average molecular weight is 212 g/mol. The van der Waals surface area contributed by atoms with Crippen molar-refractivity contribution in [2.45, 2.75) is 32.7 Å². The molecule has 1 saturated heterocycles. The van der Waals surface area contributed by atoms with Crippen molar-refractivity contribution < 1.29 is 9.59 Å². The Morgan fingerprint density at radius 3 is 2.67 bits per heavy atom. The summed E-state index contributed by atoms with van der Waals surface area (Å²) in [5.41, 5.74) is 0. The zero-order chi connectivity index (χ0) is 11.4. The average Bonchev–Trinajstić information content (AvgIpc) is 2.08. The van der Waals surface area contributed by atoms with E-state index in [-0.39, 0.29) is 24.2 Å². The third kappa shape index (κ3) is 4.00. The monoisotopic (exact) mass is 212 g/mol. The maximum absolute atomic E-state index is 11.4. The first-order chi connectivity index (χ1) is 6.99. The molecule has 0 aromatic rings. The molecule has 15 heavy (non-hydrogen) atoms. The number of amides is 1. The van der Waals surface area contributed by atoms with Crippen molar-refractivity contribution in [3.05, 3.63) is 0 Å². The predicted octanol–water partition coefficient (Wildman–Crippen LogP) is 0.422. The molecule has 2 unspecified atom stereocenters. The van der Waals surface area contributed by atoms with Gasteiger partial charge in [0.15, 0.2) is 0 Å². The summed E-state index contributed by atoms with van der Waals surface area (Å²) in [4.78, 5) is 24.4. The molecule has 2 atom stereocenters. The normalized spacial score (nSPS) is 27.4. The van der Waals surface area contributed by atoms with Crippen molar-refractivity contribution >= 4 is 11.7 Å². The van der Waals surface area contributed by atoms with Gasteiger partial charge in [0.25, 0.3) is 0 Å². The molecular weight excluding hydrogens is 192 g/mol. The summed E-state index contributed by atoms with van der Waals surface area (Å²) in [6, 6.07) is 0.230. The van der Waals surface area contributed by atoms with Crippen LogP contribution < -0.4 is 5.32 Å². The molecule has 0 bridgehead atoms. The Balaban J connectivity index is 2.38. The Kier molecular flexibility index (Phi) is 4.27. The minimum Gasteiger partial charge on any atom is -0.353 e. The van der Waals surface area contributed by atoms with Crippen LogP contribution in [0.5, 0.6) is 0 Å². The van der Waals surface area contributed by atoms with Gasteiger partial charge < -0.3 is 10.2 Å². The number of ketones is 1. The highest BCUT2D eigenvalue weighted by Crippen LogP contribution is 2.15. The lowest BCUT2D eigenvalue weighted by molar-refractivity contribution is -0.128. The second-order valence-corrected chi connectivity index (χ2v) is 4.58. The minimum absolute atomic E-state index is 0.0130. The quantitative estimate of drug-likeness (QED) is 0.690. The molecule has 1 aliphatic heterocycles. The van der Waals surface area contributed by atoms with E-state index in [1.54, 1.807) is 0 Å². The summed E-state index contributed by atoms with van der Waals surface area (Å²) in [6.07, 6.45) is 0.986. The van der Waals surface area contributed by atoms with Crippen LogP contribution in [0.3, 0.4) is 0 Å². The van der Waals surface area contributed by atoms with E-state index in [2.05, 4.69) is 24.2 Å². The van der Waals surface area contributed by atoms with Gasteiger partial charge in [0.05, 0.1) is 6.42 Å². The van der Waals surface area contributed by atoms with Gasteiger partial charge >= 0.3 is 0 Å². The van der Waals surface area contributed by atoms with Crippen LogP contribution in [-0.4, -0.2) is 42.8 Å². The summed E-state index contributed by atoms with van der Waals surface area (Å²) in [6.45, 7) is 5.59. The summed E-state index contributed by atoms with van der Waals surface area (Å²) >= 11 is 0. The van der Waals surface area contributed by atoms with Crippen molar-refractivity contribution in [2.24, 2.45) is 5.92 Å². The first-order valence-electron chi connectivity index (χ1n) is 5.46. The first-order valence-corrected chi connectivity index (χ1v) is 5.46. The number of nitrogens with zero attached hydrogens (tertiary/aromatic N) is 1. The number of carbonyl (C=O) groups is 2. The third-order valence-corrected chi connectivity index (χ3v) is 2.86. The minimum atomic E-state index is -0.135. The van der Waals surface area contributed by atoms with E-state index in [4.69, 9.17) is 0 Å². The van der Waals surface area contributed by atoms with Crippen LogP contribution in [-0.2, 0) is 9.59 Å². The third-order valence-electron chi connectivity index (χ3n) is 2.86. The summed E-state index contributed by atoms with van der Waals surface area (Å²) in [5.74, 6) is 0.247. The van der Waals surface area contributed by atoms with Crippen LogP contribution in [0, 0.1) is 5.92 Å². The molecule has 0 radical (unpaired) electrons. The number of likely N-dealkylation sites (tertiary alicyclic amines) is 1. The van der Waals surface area contributed by atoms with E-state index in [1.807, 2.05) is 0 Å². The van der Waals surface area contributed by atoms with Crippen LogP contribution >= 0.6 is 0 Å². The van der Waals surface area contributed by atoms with E-state index in [0.29, 0.717) is 5.92 Å². The number of hydrogen-bond donors (Lipinski definition) is 1. The molecule has 0 saturated carbocycles. The Labute approximate surface area is 91.0 Å². The van der Waals surface area contributed by atoms with Crippen LogP contribution in [0.2, 0.25) is 0 Å². The number of nitrogens with one attached hydrogen (secondary N) is 1. The van der Waals surface area contributed by atoms with Crippen LogP contribution in [0.1, 0.15) is 26.7 Å². The fourth-order valence-electron chi connectivity index (χ4n) is 2.05. The van der Waals surface area contributed by atoms with Crippen molar-refractivity contribution in [3.8, 4) is 0 Å². The van der Waals surface area contributed by atoms with Crippen molar-refractivity contribution in [1.82, 2.24) is 10.2 Å². The fraction of sp³-hybridized carbons (Fsp3) is 0.818. The number of Topliss-reactive ketones (excluding diaryl/α,β-unsaturated/α-hetero) is 1. The van der Waals surface area contributed by atoms with Gasteiger partial charge in [-0.25, -0.2) is 0 Å². The second-order valence-electron chi connectivity index (χ2n) is 4.58. The highest BCUT2D eigenvalue weighted by molar-refractivity contribution is 5.96. The molecule has 1 aliphatic rings. The molecule has 1 amide bonds. The number of hydrogen-bond acceptors (Lipinski definition) is 3. The van der Waals surface area contributed by atoms with Gasteiger partial charge in [-0.15, -0.1) is 0 Å². The Morgan fingerprint density at radius 1 is 1.47 bits per heavy atom. The van der Waals surface area contributed by atoms with Gasteiger partial charge in [-0.05, 0) is 32.9 Å². The lowest BCUT2D eigenvalue weighted by atomic mass is 9.94. The highest BCUT2D eigenvalue weighted by Gasteiger charge is 2.25. The Bertz CT molecular complexity index is 253. The van der Waals surface area contributed by atoms with Crippen molar-refractivity contribution in [3.63, 3.8) is 0 Å². The van der Waals surface area contributed by atoms with E-state index >= 15 is 0 Å². The zero-order valence-electron chi connectivity index (χ0n) is 9.75. The van der Waals surface area contributed by atoms with Crippen molar-refractivity contribution in [2.75, 3.05) is 20.1 Å². The highest BCUT2D eigenvalue weighted by atomic mass is 16.2. The molecular formula is C11H20N2O2. The Hall–Kier alpha value is -0.900. The molecule has 0 aromatic heterocycles. The standard InChI is InChI=1S/C11H20N2O2/c1-8-7-13(3)5-4-10(8)12-11(15)6-9(2)14/h8,10H,4-7H2,1-3H3,(H,12,15). The van der Waals surface area contributed by atoms with Crippen LogP contribution in [0.4, 0.5) is 0 Å². The summed E-state index contributed by atoms with van der Waals surface area (Å²) < 4.78 is 0. The van der Waals surface area contributed by atoms with Crippen molar-refractivity contribution in [1.29, 1.82) is 0 Å². The molecule has 1 rings (SSSR count). The first kappa shape index (κ1) is 12.2. The molecule has 0 aliphatic carbocycles. The van der Waals surface area contributed by atoms with Crippen LogP contribution in [0.25, 0.3) is 0 Å². The summed E-state index contributed by atoms with van der Waals surface area (Å²) in [7, 11) is 2.09. The molecule has 1 heterocycles. The van der Waals surface area contributed by atoms with Gasteiger partial charge in [0.1, 0.15) is 5.78 Å². The van der Waals surface area contributed by atoms with Crippen LogP contribution in [0.15, 0.2) is 0 Å². The van der Waals surface area contributed by atoms with Gasteiger partial charge in [-0.3, -0.25) is 9.59 Å². The van der Waals surface area contributed by atoms with E-state index in [1.165, 1.54) is 6.92 Å². The SMILES string of the molecule is CC(=O)CC(=O)NC1CCN(C)CC1C. The molecule has 1 N–H and O–H groups in total. The number of carbonyl (C=O) groups excluding carboxylic acids is 2. The zero-order valence-corrected chi connectivity index (χ0v) is 9.75. The lowest BCUT2D eigenvalue weighted by Crippen LogP contribution is -2.49.